The predicted molar refractivity (Wildman–Crippen MR) is 70.5 cm³/mol. The molecule has 0 spiro atoms. The third-order valence-corrected chi connectivity index (χ3v) is 3.69. The average Bonchev–Trinajstić information content (AvgIpc) is 2.83. The van der Waals surface area contributed by atoms with E-state index in [1.807, 2.05) is 6.92 Å². The number of rotatable bonds is 2. The molecule has 1 aliphatic heterocycles. The second kappa shape index (κ2) is 5.03. The Morgan fingerprint density at radius 3 is 2.79 bits per heavy atom. The second-order valence-corrected chi connectivity index (χ2v) is 5.34. The largest absolute Gasteiger partial charge is 0.359 e. The highest BCUT2D eigenvalue weighted by Gasteiger charge is 2.39. The molecule has 6 nitrogen and oxygen atoms in total. The third-order valence-electron chi connectivity index (χ3n) is 3.69. The standard InChI is InChI=1S/C13H20N4O2/c1-13(12(19)14-2)6-4-7-17(9-13)11(18)10-5-8-16(3)15-10/h5,8H,4,6-7,9H2,1-3H3,(H,14,19). The fraction of sp³-hybridized carbons (Fsp3) is 0.615. The van der Waals surface area contributed by atoms with E-state index in [0.717, 1.165) is 12.8 Å². The highest BCUT2D eigenvalue weighted by molar-refractivity contribution is 5.93. The molecule has 1 atom stereocenters. The van der Waals surface area contributed by atoms with E-state index in [9.17, 15) is 9.59 Å². The number of hydrogen-bond acceptors (Lipinski definition) is 3. The molecule has 19 heavy (non-hydrogen) atoms. The summed E-state index contributed by atoms with van der Waals surface area (Å²) in [6, 6.07) is 1.70. The van der Waals surface area contributed by atoms with Gasteiger partial charge in [0.25, 0.3) is 5.91 Å². The number of piperidine rings is 1. The zero-order chi connectivity index (χ0) is 14.0. The Labute approximate surface area is 112 Å². The Hall–Kier alpha value is -1.85. The van der Waals surface area contributed by atoms with E-state index in [2.05, 4.69) is 10.4 Å². The SMILES string of the molecule is CNC(=O)C1(C)CCCN(C(=O)c2ccn(C)n2)C1. The van der Waals surface area contributed by atoms with Crippen LogP contribution in [0.25, 0.3) is 0 Å². The average molecular weight is 264 g/mol. The molecular formula is C13H20N4O2. The Morgan fingerprint density at radius 1 is 1.47 bits per heavy atom. The molecule has 1 N–H and O–H groups in total. The quantitative estimate of drug-likeness (QED) is 0.841. The number of aromatic nitrogens is 2. The molecular weight excluding hydrogens is 244 g/mol. The number of likely N-dealkylation sites (tertiary alicyclic amines) is 1. The van der Waals surface area contributed by atoms with Crippen LogP contribution in [0.4, 0.5) is 0 Å². The van der Waals surface area contributed by atoms with Crippen LogP contribution in [0.3, 0.4) is 0 Å². The highest BCUT2D eigenvalue weighted by Crippen LogP contribution is 2.30. The molecule has 1 unspecified atom stereocenters. The lowest BCUT2D eigenvalue weighted by molar-refractivity contribution is -0.132. The number of nitrogens with zero attached hydrogens (tertiary/aromatic N) is 3. The van der Waals surface area contributed by atoms with E-state index in [0.29, 0.717) is 18.8 Å². The van der Waals surface area contributed by atoms with Gasteiger partial charge in [0.1, 0.15) is 5.69 Å². The molecule has 0 bridgehead atoms. The summed E-state index contributed by atoms with van der Waals surface area (Å²) in [5.74, 6) is -0.110. The van der Waals surface area contributed by atoms with Gasteiger partial charge in [-0.05, 0) is 25.8 Å². The van der Waals surface area contributed by atoms with Crippen molar-refractivity contribution in [2.24, 2.45) is 12.5 Å². The summed E-state index contributed by atoms with van der Waals surface area (Å²) in [6.07, 6.45) is 3.39. The molecule has 2 rings (SSSR count). The normalized spacial score (nSPS) is 23.2. The molecule has 2 amide bonds. The van der Waals surface area contributed by atoms with Crippen LogP contribution in [0.15, 0.2) is 12.3 Å². The van der Waals surface area contributed by atoms with Crippen LogP contribution in [-0.4, -0.2) is 46.6 Å². The van der Waals surface area contributed by atoms with Crippen LogP contribution in [0, 0.1) is 5.41 Å². The summed E-state index contributed by atoms with van der Waals surface area (Å²) in [5.41, 5.74) is -0.0686. The minimum absolute atomic E-state index is 0.00831. The van der Waals surface area contributed by atoms with Crippen molar-refractivity contribution in [2.45, 2.75) is 19.8 Å². The Bertz CT molecular complexity index is 497. The van der Waals surface area contributed by atoms with Crippen LogP contribution in [0.1, 0.15) is 30.3 Å². The first-order valence-corrected chi connectivity index (χ1v) is 6.47. The van der Waals surface area contributed by atoms with E-state index < -0.39 is 5.41 Å². The molecule has 1 aliphatic rings. The van der Waals surface area contributed by atoms with E-state index in [-0.39, 0.29) is 11.8 Å². The maximum absolute atomic E-state index is 12.3. The van der Waals surface area contributed by atoms with Crippen LogP contribution < -0.4 is 5.32 Å². The summed E-state index contributed by atoms with van der Waals surface area (Å²) in [6.45, 7) is 3.04. The monoisotopic (exact) mass is 264 g/mol. The second-order valence-electron chi connectivity index (χ2n) is 5.34. The summed E-state index contributed by atoms with van der Waals surface area (Å²) >= 11 is 0. The summed E-state index contributed by atoms with van der Waals surface area (Å²) in [7, 11) is 3.41. The first-order chi connectivity index (χ1) is 8.96. The zero-order valence-corrected chi connectivity index (χ0v) is 11.6. The lowest BCUT2D eigenvalue weighted by Gasteiger charge is -2.38. The molecule has 0 aromatic carbocycles. The van der Waals surface area contributed by atoms with Crippen LogP contribution in [-0.2, 0) is 11.8 Å². The fourth-order valence-electron chi connectivity index (χ4n) is 2.59. The smallest absolute Gasteiger partial charge is 0.274 e. The van der Waals surface area contributed by atoms with Crippen molar-refractivity contribution in [1.82, 2.24) is 20.0 Å². The zero-order valence-electron chi connectivity index (χ0n) is 11.6. The van der Waals surface area contributed by atoms with Crippen molar-refractivity contribution in [1.29, 1.82) is 0 Å². The van der Waals surface area contributed by atoms with Gasteiger partial charge in [-0.15, -0.1) is 0 Å². The topological polar surface area (TPSA) is 67.2 Å². The first kappa shape index (κ1) is 13.6. The number of amides is 2. The summed E-state index contributed by atoms with van der Waals surface area (Å²) in [4.78, 5) is 26.0. The highest BCUT2D eigenvalue weighted by atomic mass is 16.2. The minimum Gasteiger partial charge on any atom is -0.359 e. The minimum atomic E-state index is -0.503. The van der Waals surface area contributed by atoms with Crippen molar-refractivity contribution in [3.63, 3.8) is 0 Å². The van der Waals surface area contributed by atoms with Gasteiger partial charge in [0.15, 0.2) is 0 Å². The van der Waals surface area contributed by atoms with Gasteiger partial charge >= 0.3 is 0 Å². The molecule has 104 valence electrons. The maximum Gasteiger partial charge on any atom is 0.274 e. The van der Waals surface area contributed by atoms with Crippen LogP contribution in [0.5, 0.6) is 0 Å². The van der Waals surface area contributed by atoms with E-state index in [1.165, 1.54) is 0 Å². The van der Waals surface area contributed by atoms with Crippen LogP contribution >= 0.6 is 0 Å². The molecule has 0 aliphatic carbocycles. The van der Waals surface area contributed by atoms with Gasteiger partial charge < -0.3 is 10.2 Å². The number of hydrogen-bond donors (Lipinski definition) is 1. The van der Waals surface area contributed by atoms with Gasteiger partial charge in [-0.3, -0.25) is 14.3 Å². The molecule has 1 aromatic rings. The maximum atomic E-state index is 12.3. The first-order valence-electron chi connectivity index (χ1n) is 6.47. The molecule has 1 fully saturated rings. The Morgan fingerprint density at radius 2 is 2.21 bits per heavy atom. The van der Waals surface area contributed by atoms with E-state index in [4.69, 9.17) is 0 Å². The number of carbonyl (C=O) groups is 2. The number of aryl methyl sites for hydroxylation is 1. The predicted octanol–water partition coefficient (Wildman–Crippen LogP) is 0.408. The molecule has 2 heterocycles. The lowest BCUT2D eigenvalue weighted by atomic mass is 9.81. The summed E-state index contributed by atoms with van der Waals surface area (Å²) in [5, 5.41) is 6.81. The van der Waals surface area contributed by atoms with Crippen molar-refractivity contribution < 1.29 is 9.59 Å². The number of carbonyl (C=O) groups excluding carboxylic acids is 2. The third kappa shape index (κ3) is 2.62. The van der Waals surface area contributed by atoms with Crippen molar-refractivity contribution >= 4 is 11.8 Å². The molecule has 6 heteroatoms. The molecule has 0 radical (unpaired) electrons. The lowest BCUT2D eigenvalue weighted by Crippen LogP contribution is -2.51. The van der Waals surface area contributed by atoms with Crippen molar-refractivity contribution in [2.75, 3.05) is 20.1 Å². The Kier molecular flexibility index (Phi) is 3.59. The van der Waals surface area contributed by atoms with Gasteiger partial charge in [-0.1, -0.05) is 0 Å². The van der Waals surface area contributed by atoms with Crippen molar-refractivity contribution in [3.05, 3.63) is 18.0 Å². The molecule has 0 saturated carbocycles. The van der Waals surface area contributed by atoms with Gasteiger partial charge in [-0.25, -0.2) is 0 Å². The molecule has 1 aromatic heterocycles. The van der Waals surface area contributed by atoms with Gasteiger partial charge in [0, 0.05) is 33.4 Å². The van der Waals surface area contributed by atoms with Crippen molar-refractivity contribution in [3.8, 4) is 0 Å². The van der Waals surface area contributed by atoms with E-state index >= 15 is 0 Å². The Balaban J connectivity index is 2.13. The number of nitrogens with one attached hydrogen (secondary N) is 1. The van der Waals surface area contributed by atoms with Crippen LogP contribution in [0.2, 0.25) is 0 Å². The fourth-order valence-corrected chi connectivity index (χ4v) is 2.59. The summed E-state index contributed by atoms with van der Waals surface area (Å²) < 4.78 is 1.61. The van der Waals surface area contributed by atoms with Gasteiger partial charge in [0.05, 0.1) is 5.41 Å². The molecule has 1 saturated heterocycles. The van der Waals surface area contributed by atoms with E-state index in [1.54, 1.807) is 35.9 Å². The van der Waals surface area contributed by atoms with Gasteiger partial charge in [0.2, 0.25) is 5.91 Å². The van der Waals surface area contributed by atoms with Gasteiger partial charge in [-0.2, -0.15) is 5.10 Å².